The van der Waals surface area contributed by atoms with E-state index in [1.54, 1.807) is 5.57 Å². The minimum absolute atomic E-state index is 0. The normalized spacial score (nSPS) is 13.5. The van der Waals surface area contributed by atoms with Crippen LogP contribution in [0.2, 0.25) is 0 Å². The van der Waals surface area contributed by atoms with E-state index in [2.05, 4.69) is 44.2 Å². The summed E-state index contributed by atoms with van der Waals surface area (Å²) in [6.45, 7) is 4.56. The largest absolute Gasteiger partial charge is 0.0649 e. The Kier molecular flexibility index (Phi) is 4.32. The summed E-state index contributed by atoms with van der Waals surface area (Å²) in [6, 6.07) is 8.69. The van der Waals surface area contributed by atoms with E-state index in [9.17, 15) is 0 Å². The molecule has 0 amide bonds. The smallest absolute Gasteiger partial charge is 0 e. The predicted molar refractivity (Wildman–Crippen MR) is 57.6 cm³/mol. The molecule has 0 unspecified atom stereocenters. The molecule has 0 spiro atoms. The molecule has 0 radical (unpaired) electrons. The summed E-state index contributed by atoms with van der Waals surface area (Å²) < 4.78 is 0. The molecule has 0 fully saturated rings. The minimum Gasteiger partial charge on any atom is -0.0649 e. The van der Waals surface area contributed by atoms with Crippen LogP contribution in [0, 0.1) is 5.92 Å². The zero-order chi connectivity index (χ0) is 9.26. The van der Waals surface area contributed by atoms with Crippen LogP contribution < -0.4 is 0 Å². The standard InChI is InChI=1S/C13H16.Zr/c1-10(2)7-11-8-12-5-3-4-6-13(12)9-11;/h3-6,8,10H,7,9H2,1-2H3;. The van der Waals surface area contributed by atoms with Crippen LogP contribution in [0.3, 0.4) is 0 Å². The third kappa shape index (κ3) is 2.67. The van der Waals surface area contributed by atoms with Crippen molar-refractivity contribution in [3.8, 4) is 0 Å². The van der Waals surface area contributed by atoms with Gasteiger partial charge in [-0.2, -0.15) is 0 Å². The van der Waals surface area contributed by atoms with Gasteiger partial charge in [0, 0.05) is 26.2 Å². The van der Waals surface area contributed by atoms with Crippen LogP contribution in [0.15, 0.2) is 29.8 Å². The van der Waals surface area contributed by atoms with Crippen LogP contribution in [0.4, 0.5) is 0 Å². The Balaban J connectivity index is 0.000000980. The summed E-state index contributed by atoms with van der Waals surface area (Å²) in [5, 5.41) is 0. The Morgan fingerprint density at radius 1 is 1.21 bits per heavy atom. The zero-order valence-corrected chi connectivity index (χ0v) is 11.3. The van der Waals surface area contributed by atoms with E-state index in [1.807, 2.05) is 0 Å². The molecule has 0 nitrogen and oxygen atoms in total. The third-order valence-electron chi connectivity index (χ3n) is 2.50. The molecular weight excluding hydrogens is 247 g/mol. The Morgan fingerprint density at radius 2 is 1.93 bits per heavy atom. The fraction of sp³-hybridized carbons (Fsp3) is 0.385. The molecule has 1 aliphatic rings. The first kappa shape index (κ1) is 11.9. The maximum atomic E-state index is 2.36. The van der Waals surface area contributed by atoms with E-state index in [0.29, 0.717) is 0 Å². The van der Waals surface area contributed by atoms with Crippen molar-refractivity contribution in [1.82, 2.24) is 0 Å². The third-order valence-corrected chi connectivity index (χ3v) is 2.50. The number of fused-ring (bicyclic) bond motifs is 1. The van der Waals surface area contributed by atoms with Crippen LogP contribution in [0.1, 0.15) is 31.4 Å². The molecule has 1 heteroatoms. The molecule has 1 aromatic carbocycles. The van der Waals surface area contributed by atoms with Gasteiger partial charge in [-0.3, -0.25) is 0 Å². The fourth-order valence-electron chi connectivity index (χ4n) is 2.01. The topological polar surface area (TPSA) is 0 Å². The second-order valence-corrected chi connectivity index (χ2v) is 4.28. The van der Waals surface area contributed by atoms with E-state index in [0.717, 1.165) is 5.92 Å². The van der Waals surface area contributed by atoms with Crippen molar-refractivity contribution in [3.05, 3.63) is 41.0 Å². The van der Waals surface area contributed by atoms with Crippen molar-refractivity contribution in [3.63, 3.8) is 0 Å². The average molecular weight is 263 g/mol. The second-order valence-electron chi connectivity index (χ2n) is 4.28. The van der Waals surface area contributed by atoms with Gasteiger partial charge in [0.1, 0.15) is 0 Å². The number of allylic oxidation sites excluding steroid dienone is 1. The van der Waals surface area contributed by atoms with Gasteiger partial charge in [-0.05, 0) is 29.9 Å². The van der Waals surface area contributed by atoms with Crippen LogP contribution in [0.5, 0.6) is 0 Å². The summed E-state index contributed by atoms with van der Waals surface area (Å²) in [7, 11) is 0. The maximum Gasteiger partial charge on any atom is 0 e. The van der Waals surface area contributed by atoms with E-state index in [1.165, 1.54) is 24.0 Å². The molecule has 0 bridgehead atoms. The molecule has 0 saturated carbocycles. The van der Waals surface area contributed by atoms with Crippen molar-refractivity contribution < 1.29 is 26.2 Å². The molecule has 0 saturated heterocycles. The monoisotopic (exact) mass is 262 g/mol. The van der Waals surface area contributed by atoms with Crippen LogP contribution in [0.25, 0.3) is 6.08 Å². The van der Waals surface area contributed by atoms with Crippen LogP contribution in [-0.4, -0.2) is 0 Å². The van der Waals surface area contributed by atoms with Gasteiger partial charge in [-0.25, -0.2) is 0 Å². The first-order valence-electron chi connectivity index (χ1n) is 5.03. The summed E-state index contributed by atoms with van der Waals surface area (Å²) in [5.74, 6) is 0.778. The summed E-state index contributed by atoms with van der Waals surface area (Å²) in [6.07, 6.45) is 4.78. The van der Waals surface area contributed by atoms with E-state index < -0.39 is 0 Å². The van der Waals surface area contributed by atoms with Crippen molar-refractivity contribution in [2.75, 3.05) is 0 Å². The van der Waals surface area contributed by atoms with Gasteiger partial charge >= 0.3 is 0 Å². The number of hydrogen-bond donors (Lipinski definition) is 0. The van der Waals surface area contributed by atoms with Crippen LogP contribution in [-0.2, 0) is 32.6 Å². The molecule has 0 aromatic heterocycles. The van der Waals surface area contributed by atoms with Crippen molar-refractivity contribution in [1.29, 1.82) is 0 Å². The van der Waals surface area contributed by atoms with Gasteiger partial charge in [0.15, 0.2) is 0 Å². The fourth-order valence-corrected chi connectivity index (χ4v) is 2.01. The first-order valence-corrected chi connectivity index (χ1v) is 5.03. The Bertz CT molecular complexity index is 337. The molecule has 2 rings (SSSR count). The number of hydrogen-bond acceptors (Lipinski definition) is 0. The summed E-state index contributed by atoms with van der Waals surface area (Å²) >= 11 is 0. The molecule has 72 valence electrons. The Hall–Kier alpha value is -0.157. The molecule has 0 heterocycles. The Morgan fingerprint density at radius 3 is 2.57 bits per heavy atom. The van der Waals surface area contributed by atoms with E-state index in [-0.39, 0.29) is 26.2 Å². The molecule has 1 aromatic rings. The van der Waals surface area contributed by atoms with Crippen molar-refractivity contribution in [2.45, 2.75) is 26.7 Å². The molecule has 1 aliphatic carbocycles. The van der Waals surface area contributed by atoms with Crippen molar-refractivity contribution in [2.24, 2.45) is 5.92 Å². The summed E-state index contributed by atoms with van der Waals surface area (Å²) in [5.41, 5.74) is 4.52. The first-order chi connectivity index (χ1) is 6.25. The van der Waals surface area contributed by atoms with E-state index >= 15 is 0 Å². The number of rotatable bonds is 2. The molecule has 0 N–H and O–H groups in total. The van der Waals surface area contributed by atoms with Gasteiger partial charge in [0.2, 0.25) is 0 Å². The van der Waals surface area contributed by atoms with Crippen LogP contribution >= 0.6 is 0 Å². The minimum atomic E-state index is 0. The number of benzene rings is 1. The predicted octanol–water partition coefficient (Wildman–Crippen LogP) is 3.67. The molecule has 0 atom stereocenters. The van der Waals surface area contributed by atoms with Gasteiger partial charge in [0.05, 0.1) is 0 Å². The zero-order valence-electron chi connectivity index (χ0n) is 8.88. The van der Waals surface area contributed by atoms with Gasteiger partial charge in [-0.1, -0.05) is 49.8 Å². The van der Waals surface area contributed by atoms with E-state index in [4.69, 9.17) is 0 Å². The molecule has 0 aliphatic heterocycles. The molecule has 14 heavy (non-hydrogen) atoms. The van der Waals surface area contributed by atoms with Crippen molar-refractivity contribution >= 4 is 6.08 Å². The SMILES string of the molecule is CC(C)CC1=Cc2ccccc2C1.[Zr]. The quantitative estimate of drug-likeness (QED) is 0.764. The summed E-state index contributed by atoms with van der Waals surface area (Å²) in [4.78, 5) is 0. The Labute approximate surface area is 106 Å². The van der Waals surface area contributed by atoms with Gasteiger partial charge < -0.3 is 0 Å². The van der Waals surface area contributed by atoms with Gasteiger partial charge in [-0.15, -0.1) is 0 Å². The van der Waals surface area contributed by atoms with Gasteiger partial charge in [0.25, 0.3) is 0 Å². The second kappa shape index (κ2) is 5.07. The average Bonchev–Trinajstić information content (AvgIpc) is 2.44. The maximum absolute atomic E-state index is 2.36. The molecular formula is C13H16Zr.